The summed E-state index contributed by atoms with van der Waals surface area (Å²) in [5.74, 6) is 0.323. The minimum atomic E-state index is 0.323. The van der Waals surface area contributed by atoms with Crippen molar-refractivity contribution < 1.29 is 0 Å². The van der Waals surface area contributed by atoms with Crippen LogP contribution in [0.2, 0.25) is 5.02 Å². The molecule has 2 heteroatoms. The number of allylic oxidation sites excluding steroid dienone is 2. The number of nitrogen functional groups attached to an aromatic ring is 1. The van der Waals surface area contributed by atoms with Gasteiger partial charge in [0.2, 0.25) is 0 Å². The van der Waals surface area contributed by atoms with Gasteiger partial charge in [-0.15, -0.1) is 0 Å². The second-order valence-electron chi connectivity index (χ2n) is 3.06. The molecule has 1 aromatic carbocycles. The Bertz CT molecular complexity index is 318. The maximum Gasteiger partial charge on any atom is 0.0638 e. The van der Waals surface area contributed by atoms with Gasteiger partial charge in [-0.1, -0.05) is 42.8 Å². The maximum absolute atomic E-state index is 5.91. The van der Waals surface area contributed by atoms with Crippen LogP contribution in [0.15, 0.2) is 30.4 Å². The highest BCUT2D eigenvalue weighted by Gasteiger charge is 2.07. The zero-order valence-corrected chi connectivity index (χ0v) is 8.68. The number of halogens is 1. The Kier molecular flexibility index (Phi) is 3.38. The monoisotopic (exact) mass is 195 g/mol. The van der Waals surface area contributed by atoms with Gasteiger partial charge < -0.3 is 5.73 Å². The van der Waals surface area contributed by atoms with E-state index in [0.29, 0.717) is 16.6 Å². The van der Waals surface area contributed by atoms with Crippen LogP contribution in [-0.2, 0) is 0 Å². The van der Waals surface area contributed by atoms with Crippen LogP contribution in [0.1, 0.15) is 25.3 Å². The van der Waals surface area contributed by atoms with Crippen LogP contribution < -0.4 is 5.73 Å². The molecule has 0 aliphatic carbocycles. The van der Waals surface area contributed by atoms with Crippen LogP contribution in [0.5, 0.6) is 0 Å². The fourth-order valence-corrected chi connectivity index (χ4v) is 1.52. The van der Waals surface area contributed by atoms with Crippen LogP contribution in [0, 0.1) is 0 Å². The van der Waals surface area contributed by atoms with E-state index in [2.05, 4.69) is 13.0 Å². The summed E-state index contributed by atoms with van der Waals surface area (Å²) in [5.41, 5.74) is 7.63. The lowest BCUT2D eigenvalue weighted by molar-refractivity contribution is 0.969. The van der Waals surface area contributed by atoms with Crippen LogP contribution >= 0.6 is 11.6 Å². The van der Waals surface area contributed by atoms with E-state index in [0.717, 1.165) is 5.56 Å². The van der Waals surface area contributed by atoms with Gasteiger partial charge in [-0.25, -0.2) is 0 Å². The van der Waals surface area contributed by atoms with Crippen molar-refractivity contribution in [3.8, 4) is 0 Å². The largest absolute Gasteiger partial charge is 0.397 e. The van der Waals surface area contributed by atoms with Crippen molar-refractivity contribution in [2.75, 3.05) is 5.73 Å². The third-order valence-corrected chi connectivity index (χ3v) is 2.39. The van der Waals surface area contributed by atoms with Crippen LogP contribution in [0.3, 0.4) is 0 Å². The molecule has 1 rings (SSSR count). The third-order valence-electron chi connectivity index (χ3n) is 2.06. The molecule has 0 aliphatic heterocycles. The lowest BCUT2D eigenvalue weighted by atomic mass is 9.99. The minimum Gasteiger partial charge on any atom is -0.397 e. The lowest BCUT2D eigenvalue weighted by Gasteiger charge is -2.10. The molecule has 0 saturated carbocycles. The molecule has 0 fully saturated rings. The number of nitrogens with two attached hydrogens (primary N) is 1. The SMILES string of the molecule is C/C=C/C(C)c1cccc(Cl)c1N. The van der Waals surface area contributed by atoms with Gasteiger partial charge in [-0.3, -0.25) is 0 Å². The predicted octanol–water partition coefficient (Wildman–Crippen LogP) is 3.60. The fraction of sp³-hybridized carbons (Fsp3) is 0.273. The molecule has 0 amide bonds. The molecule has 1 aromatic rings. The van der Waals surface area contributed by atoms with Gasteiger partial charge in [0, 0.05) is 5.92 Å². The molecule has 70 valence electrons. The number of para-hydroxylation sites is 1. The quantitative estimate of drug-likeness (QED) is 0.567. The highest BCUT2D eigenvalue weighted by Crippen LogP contribution is 2.28. The van der Waals surface area contributed by atoms with Crippen LogP contribution in [-0.4, -0.2) is 0 Å². The Morgan fingerprint density at radius 3 is 2.77 bits per heavy atom. The summed E-state index contributed by atoms with van der Waals surface area (Å²) in [6.07, 6.45) is 4.12. The summed E-state index contributed by atoms with van der Waals surface area (Å²) in [6.45, 7) is 4.10. The van der Waals surface area contributed by atoms with Crippen molar-refractivity contribution in [2.45, 2.75) is 19.8 Å². The average Bonchev–Trinajstić information content (AvgIpc) is 2.10. The summed E-state index contributed by atoms with van der Waals surface area (Å²) in [7, 11) is 0. The first-order chi connectivity index (χ1) is 6.16. The third kappa shape index (κ3) is 2.25. The molecule has 0 aromatic heterocycles. The van der Waals surface area contributed by atoms with Gasteiger partial charge >= 0.3 is 0 Å². The second kappa shape index (κ2) is 4.33. The van der Waals surface area contributed by atoms with Crippen molar-refractivity contribution in [2.24, 2.45) is 0 Å². The molecule has 1 nitrogen and oxygen atoms in total. The van der Waals surface area contributed by atoms with Crippen molar-refractivity contribution in [1.29, 1.82) is 0 Å². The normalized spacial score (nSPS) is 13.5. The smallest absolute Gasteiger partial charge is 0.0638 e. The van der Waals surface area contributed by atoms with Gasteiger partial charge in [0.05, 0.1) is 10.7 Å². The van der Waals surface area contributed by atoms with E-state index in [-0.39, 0.29) is 0 Å². The fourth-order valence-electron chi connectivity index (χ4n) is 1.34. The molecular formula is C11H14ClN. The summed E-state index contributed by atoms with van der Waals surface area (Å²) >= 11 is 5.91. The van der Waals surface area contributed by atoms with E-state index >= 15 is 0 Å². The number of benzene rings is 1. The second-order valence-corrected chi connectivity index (χ2v) is 3.46. The number of hydrogen-bond acceptors (Lipinski definition) is 1. The van der Waals surface area contributed by atoms with E-state index in [1.54, 1.807) is 0 Å². The molecule has 0 aliphatic rings. The van der Waals surface area contributed by atoms with Gasteiger partial charge in [-0.2, -0.15) is 0 Å². The minimum absolute atomic E-state index is 0.323. The average molecular weight is 196 g/mol. The van der Waals surface area contributed by atoms with Gasteiger partial charge in [0.25, 0.3) is 0 Å². The van der Waals surface area contributed by atoms with E-state index in [1.165, 1.54) is 0 Å². The Balaban J connectivity index is 3.07. The predicted molar refractivity (Wildman–Crippen MR) is 59.1 cm³/mol. The molecule has 2 N–H and O–H groups in total. The highest BCUT2D eigenvalue weighted by atomic mass is 35.5. The Labute approximate surface area is 84.2 Å². The van der Waals surface area contributed by atoms with Crippen molar-refractivity contribution in [1.82, 2.24) is 0 Å². The zero-order chi connectivity index (χ0) is 9.84. The topological polar surface area (TPSA) is 26.0 Å². The van der Waals surface area contributed by atoms with Gasteiger partial charge in [-0.05, 0) is 18.6 Å². The Morgan fingerprint density at radius 2 is 2.15 bits per heavy atom. The van der Waals surface area contributed by atoms with E-state index in [9.17, 15) is 0 Å². The van der Waals surface area contributed by atoms with Crippen LogP contribution in [0.25, 0.3) is 0 Å². The summed E-state index contributed by atoms with van der Waals surface area (Å²) in [4.78, 5) is 0. The number of hydrogen-bond donors (Lipinski definition) is 1. The Hall–Kier alpha value is -0.950. The molecule has 13 heavy (non-hydrogen) atoms. The number of anilines is 1. The molecule has 1 atom stereocenters. The lowest BCUT2D eigenvalue weighted by Crippen LogP contribution is -1.97. The maximum atomic E-state index is 5.91. The molecule has 1 unspecified atom stereocenters. The standard InChI is InChI=1S/C11H14ClN/c1-3-5-8(2)9-6-4-7-10(12)11(9)13/h3-8H,13H2,1-2H3/b5-3+. The first-order valence-electron chi connectivity index (χ1n) is 4.33. The van der Waals surface area contributed by atoms with Crippen molar-refractivity contribution in [3.63, 3.8) is 0 Å². The molecule has 0 spiro atoms. The molecule has 0 heterocycles. The van der Waals surface area contributed by atoms with Crippen molar-refractivity contribution in [3.05, 3.63) is 40.9 Å². The molecule has 0 radical (unpaired) electrons. The highest BCUT2D eigenvalue weighted by molar-refractivity contribution is 6.33. The van der Waals surface area contributed by atoms with Gasteiger partial charge in [0.1, 0.15) is 0 Å². The van der Waals surface area contributed by atoms with E-state index in [4.69, 9.17) is 17.3 Å². The van der Waals surface area contributed by atoms with Crippen LogP contribution in [0.4, 0.5) is 5.69 Å². The molecule has 0 saturated heterocycles. The van der Waals surface area contributed by atoms with E-state index in [1.807, 2.05) is 31.2 Å². The molecule has 0 bridgehead atoms. The zero-order valence-electron chi connectivity index (χ0n) is 7.92. The summed E-state index contributed by atoms with van der Waals surface area (Å²) in [6, 6.07) is 5.74. The van der Waals surface area contributed by atoms with Crippen molar-refractivity contribution >= 4 is 17.3 Å². The first kappa shape index (κ1) is 10.1. The number of rotatable bonds is 2. The van der Waals surface area contributed by atoms with Gasteiger partial charge in [0.15, 0.2) is 0 Å². The summed E-state index contributed by atoms with van der Waals surface area (Å²) in [5, 5.41) is 0.633. The Morgan fingerprint density at radius 1 is 1.46 bits per heavy atom. The van der Waals surface area contributed by atoms with E-state index < -0.39 is 0 Å². The first-order valence-corrected chi connectivity index (χ1v) is 4.71. The molecular weight excluding hydrogens is 182 g/mol. The summed E-state index contributed by atoms with van der Waals surface area (Å²) < 4.78 is 0.